The lowest BCUT2D eigenvalue weighted by molar-refractivity contribution is 0.0888. The summed E-state index contributed by atoms with van der Waals surface area (Å²) in [6.07, 6.45) is 3.67. The van der Waals surface area contributed by atoms with Gasteiger partial charge in [-0.3, -0.25) is 9.69 Å². The molecule has 1 amide bonds. The highest BCUT2D eigenvalue weighted by molar-refractivity contribution is 5.91. The fourth-order valence-corrected chi connectivity index (χ4v) is 3.26. The summed E-state index contributed by atoms with van der Waals surface area (Å²) in [5.41, 5.74) is 1.88. The van der Waals surface area contributed by atoms with Gasteiger partial charge >= 0.3 is 0 Å². The van der Waals surface area contributed by atoms with Crippen LogP contribution in [0.3, 0.4) is 0 Å². The molecule has 1 aliphatic heterocycles. The zero-order valence-electron chi connectivity index (χ0n) is 14.8. The zero-order chi connectivity index (χ0) is 17.6. The number of hydrogen-bond acceptors (Lipinski definition) is 5. The summed E-state index contributed by atoms with van der Waals surface area (Å²) in [6, 6.07) is 9.87. The minimum absolute atomic E-state index is 0.138. The number of carbonyl (C=O) groups is 1. The summed E-state index contributed by atoms with van der Waals surface area (Å²) in [5, 5.41) is 6.76. The van der Waals surface area contributed by atoms with Crippen molar-refractivity contribution in [1.82, 2.24) is 15.4 Å². The summed E-state index contributed by atoms with van der Waals surface area (Å²) in [4.78, 5) is 14.7. The molecular weight excluding hydrogens is 318 g/mol. The molecule has 1 aliphatic rings. The van der Waals surface area contributed by atoms with Crippen LogP contribution in [0.15, 0.2) is 34.9 Å². The Morgan fingerprint density at radius 2 is 2.00 bits per heavy atom. The number of amides is 1. The highest BCUT2D eigenvalue weighted by Gasteiger charge is 2.23. The van der Waals surface area contributed by atoms with Crippen LogP contribution in [-0.4, -0.2) is 42.7 Å². The predicted molar refractivity (Wildman–Crippen MR) is 94.7 cm³/mol. The first-order valence-electron chi connectivity index (χ1n) is 8.77. The highest BCUT2D eigenvalue weighted by Crippen LogP contribution is 2.26. The number of likely N-dealkylation sites (tertiary alicyclic amines) is 1. The first kappa shape index (κ1) is 17.5. The third kappa shape index (κ3) is 4.39. The van der Waals surface area contributed by atoms with Crippen LogP contribution in [0.25, 0.3) is 0 Å². The number of piperidine rings is 1. The topological polar surface area (TPSA) is 67.6 Å². The Balaban J connectivity index is 1.72. The van der Waals surface area contributed by atoms with Gasteiger partial charge in [-0.05, 0) is 50.6 Å². The molecule has 6 nitrogen and oxygen atoms in total. The lowest BCUT2D eigenvalue weighted by Crippen LogP contribution is -2.40. The quantitative estimate of drug-likeness (QED) is 0.873. The minimum Gasteiger partial charge on any atom is -0.497 e. The fourth-order valence-electron chi connectivity index (χ4n) is 3.26. The molecule has 1 saturated heterocycles. The molecule has 2 heterocycles. The van der Waals surface area contributed by atoms with Gasteiger partial charge in [-0.15, -0.1) is 0 Å². The third-order valence-electron chi connectivity index (χ3n) is 4.64. The van der Waals surface area contributed by atoms with Crippen LogP contribution in [-0.2, 0) is 0 Å². The number of nitrogens with zero attached hydrogens (tertiary/aromatic N) is 2. The maximum atomic E-state index is 12.3. The van der Waals surface area contributed by atoms with Crippen LogP contribution in [0.2, 0.25) is 0 Å². The monoisotopic (exact) mass is 343 g/mol. The molecule has 3 rings (SSSR count). The molecular formula is C19H25N3O3. The van der Waals surface area contributed by atoms with E-state index < -0.39 is 0 Å². The maximum absolute atomic E-state index is 12.3. The van der Waals surface area contributed by atoms with Gasteiger partial charge in [-0.2, -0.15) is 0 Å². The summed E-state index contributed by atoms with van der Waals surface area (Å²) in [5.74, 6) is 0.864. The van der Waals surface area contributed by atoms with Gasteiger partial charge in [0.05, 0.1) is 18.8 Å². The summed E-state index contributed by atoms with van der Waals surface area (Å²) < 4.78 is 10.3. The van der Waals surface area contributed by atoms with Gasteiger partial charge < -0.3 is 14.6 Å². The second-order valence-corrected chi connectivity index (χ2v) is 6.43. The molecule has 0 radical (unpaired) electrons. The number of benzene rings is 1. The standard InChI is InChI=1S/C19H25N3O3/c1-14-12-18(25-21-14)19(23)20-13-17(22-10-4-3-5-11-22)15-6-8-16(24-2)9-7-15/h6-9,12,17H,3-5,10-11,13H2,1-2H3,(H,20,23). The second-order valence-electron chi connectivity index (χ2n) is 6.43. The Kier molecular flexibility index (Phi) is 5.71. The summed E-state index contributed by atoms with van der Waals surface area (Å²) in [7, 11) is 1.66. The lowest BCUT2D eigenvalue weighted by atomic mass is 10.0. The molecule has 1 aromatic carbocycles. The molecule has 0 spiro atoms. The van der Waals surface area contributed by atoms with Crippen molar-refractivity contribution in [2.45, 2.75) is 32.2 Å². The Hall–Kier alpha value is -2.34. The van der Waals surface area contributed by atoms with Crippen LogP contribution in [0.4, 0.5) is 0 Å². The van der Waals surface area contributed by atoms with E-state index in [4.69, 9.17) is 9.26 Å². The molecule has 1 atom stereocenters. The number of aromatic nitrogens is 1. The van der Waals surface area contributed by atoms with Crippen molar-refractivity contribution in [3.8, 4) is 5.75 Å². The van der Waals surface area contributed by atoms with E-state index in [1.807, 2.05) is 12.1 Å². The molecule has 1 unspecified atom stereocenters. The van der Waals surface area contributed by atoms with Crippen LogP contribution in [0.1, 0.15) is 47.1 Å². The van der Waals surface area contributed by atoms with Crippen LogP contribution >= 0.6 is 0 Å². The Bertz CT molecular complexity index is 690. The summed E-state index contributed by atoms with van der Waals surface area (Å²) in [6.45, 7) is 4.43. The Morgan fingerprint density at radius 3 is 2.60 bits per heavy atom. The van der Waals surface area contributed by atoms with Crippen LogP contribution in [0.5, 0.6) is 5.75 Å². The van der Waals surface area contributed by atoms with E-state index in [0.717, 1.165) is 18.8 Å². The number of aryl methyl sites for hydroxylation is 1. The van der Waals surface area contributed by atoms with Crippen molar-refractivity contribution < 1.29 is 14.1 Å². The van der Waals surface area contributed by atoms with Gasteiger partial charge in [-0.25, -0.2) is 0 Å². The Labute approximate surface area is 148 Å². The number of rotatable bonds is 6. The molecule has 0 aliphatic carbocycles. The lowest BCUT2D eigenvalue weighted by Gasteiger charge is -2.35. The smallest absolute Gasteiger partial charge is 0.289 e. The number of carbonyl (C=O) groups excluding carboxylic acids is 1. The van der Waals surface area contributed by atoms with E-state index >= 15 is 0 Å². The number of nitrogens with one attached hydrogen (secondary N) is 1. The first-order valence-corrected chi connectivity index (χ1v) is 8.77. The molecule has 0 saturated carbocycles. The van der Waals surface area contributed by atoms with E-state index in [9.17, 15) is 4.79 Å². The average molecular weight is 343 g/mol. The minimum atomic E-state index is -0.226. The maximum Gasteiger partial charge on any atom is 0.289 e. The first-order chi connectivity index (χ1) is 12.2. The molecule has 25 heavy (non-hydrogen) atoms. The van der Waals surface area contributed by atoms with Gasteiger partial charge in [0.1, 0.15) is 5.75 Å². The van der Waals surface area contributed by atoms with Crippen molar-refractivity contribution in [3.63, 3.8) is 0 Å². The van der Waals surface area contributed by atoms with Crippen LogP contribution < -0.4 is 10.1 Å². The van der Waals surface area contributed by atoms with Crippen molar-refractivity contribution >= 4 is 5.91 Å². The molecule has 1 N–H and O–H groups in total. The molecule has 134 valence electrons. The van der Waals surface area contributed by atoms with Gasteiger partial charge in [0, 0.05) is 12.6 Å². The molecule has 1 fully saturated rings. The van der Waals surface area contributed by atoms with Gasteiger partial charge in [0.25, 0.3) is 5.91 Å². The number of ether oxygens (including phenoxy) is 1. The highest BCUT2D eigenvalue weighted by atomic mass is 16.5. The van der Waals surface area contributed by atoms with Crippen molar-refractivity contribution in [2.75, 3.05) is 26.7 Å². The van der Waals surface area contributed by atoms with Crippen molar-refractivity contribution in [2.24, 2.45) is 0 Å². The third-order valence-corrected chi connectivity index (χ3v) is 4.64. The number of methoxy groups -OCH3 is 1. The SMILES string of the molecule is COc1ccc(C(CNC(=O)c2cc(C)no2)N2CCCCC2)cc1. The average Bonchev–Trinajstić information content (AvgIpc) is 3.10. The molecule has 0 bridgehead atoms. The van der Waals surface area contributed by atoms with E-state index in [0.29, 0.717) is 12.2 Å². The summed E-state index contributed by atoms with van der Waals surface area (Å²) >= 11 is 0. The Morgan fingerprint density at radius 1 is 1.28 bits per heavy atom. The molecule has 6 heteroatoms. The van der Waals surface area contributed by atoms with E-state index in [2.05, 4.69) is 27.5 Å². The fraction of sp³-hybridized carbons (Fsp3) is 0.474. The predicted octanol–water partition coefficient (Wildman–Crippen LogP) is 2.95. The van der Waals surface area contributed by atoms with E-state index in [-0.39, 0.29) is 17.7 Å². The normalized spacial score (nSPS) is 16.4. The second kappa shape index (κ2) is 8.16. The van der Waals surface area contributed by atoms with E-state index in [1.165, 1.54) is 24.8 Å². The molecule has 1 aromatic heterocycles. The number of hydrogen-bond donors (Lipinski definition) is 1. The van der Waals surface area contributed by atoms with Crippen molar-refractivity contribution in [3.05, 3.63) is 47.3 Å². The molecule has 2 aromatic rings. The van der Waals surface area contributed by atoms with Gasteiger partial charge in [0.2, 0.25) is 5.76 Å². The van der Waals surface area contributed by atoms with Crippen molar-refractivity contribution in [1.29, 1.82) is 0 Å². The zero-order valence-corrected chi connectivity index (χ0v) is 14.8. The van der Waals surface area contributed by atoms with Gasteiger partial charge in [0.15, 0.2) is 0 Å². The van der Waals surface area contributed by atoms with Gasteiger partial charge in [-0.1, -0.05) is 23.7 Å². The van der Waals surface area contributed by atoms with Crippen LogP contribution in [0, 0.1) is 6.92 Å². The largest absolute Gasteiger partial charge is 0.497 e. The van der Waals surface area contributed by atoms with E-state index in [1.54, 1.807) is 20.1 Å².